The summed E-state index contributed by atoms with van der Waals surface area (Å²) in [6.45, 7) is 14.0. The van der Waals surface area contributed by atoms with Crippen LogP contribution < -0.4 is 9.80 Å². The summed E-state index contributed by atoms with van der Waals surface area (Å²) in [5, 5.41) is 0. The molecule has 5 rings (SSSR count). The molecule has 1 fully saturated rings. The first-order valence-corrected chi connectivity index (χ1v) is 12.4. The van der Waals surface area contributed by atoms with Gasteiger partial charge in [0.2, 0.25) is 0 Å². The minimum atomic E-state index is 0. The van der Waals surface area contributed by atoms with Gasteiger partial charge in [0.15, 0.2) is 0 Å². The van der Waals surface area contributed by atoms with Crippen molar-refractivity contribution >= 4 is 11.4 Å². The minimum absolute atomic E-state index is 0. The summed E-state index contributed by atoms with van der Waals surface area (Å²) < 4.78 is 0. The van der Waals surface area contributed by atoms with Crippen LogP contribution in [0, 0.1) is 41.5 Å². The minimum Gasteiger partial charge on any atom is -0.328 e. The van der Waals surface area contributed by atoms with Gasteiger partial charge >= 0.3 is 17.4 Å². The summed E-state index contributed by atoms with van der Waals surface area (Å²) in [6, 6.07) is 19.1. The van der Waals surface area contributed by atoms with Gasteiger partial charge in [-0.15, -0.1) is 0 Å². The molecule has 0 N–H and O–H groups in total. The van der Waals surface area contributed by atoms with E-state index >= 15 is 0 Å². The third kappa shape index (κ3) is 7.59. The van der Waals surface area contributed by atoms with Gasteiger partial charge in [0, 0.05) is 23.8 Å². The van der Waals surface area contributed by atoms with Crippen LogP contribution in [0.2, 0.25) is 0 Å². The van der Waals surface area contributed by atoms with Crippen LogP contribution >= 0.6 is 0 Å². The molecule has 180 valence electrons. The van der Waals surface area contributed by atoms with Gasteiger partial charge < -0.3 is 9.80 Å². The maximum absolute atomic E-state index is 2.35. The molecule has 1 aliphatic heterocycles. The summed E-state index contributed by atoms with van der Waals surface area (Å²) in [6.07, 6.45) is 11.9. The molecule has 0 amide bonds. The van der Waals surface area contributed by atoms with E-state index in [0.717, 1.165) is 6.67 Å². The van der Waals surface area contributed by atoms with Crippen LogP contribution in [0.1, 0.15) is 65.5 Å². The van der Waals surface area contributed by atoms with Gasteiger partial charge in [-0.25, -0.2) is 12.1 Å². The van der Waals surface area contributed by atoms with Crippen LogP contribution in [0.3, 0.4) is 0 Å². The zero-order chi connectivity index (χ0) is 23.8. The van der Waals surface area contributed by atoms with E-state index in [0.29, 0.717) is 0 Å². The van der Waals surface area contributed by atoms with Crippen LogP contribution in [-0.4, -0.2) is 6.67 Å². The maximum Gasteiger partial charge on any atom is 2.00 e. The molecule has 3 aromatic rings. The van der Waals surface area contributed by atoms with E-state index in [-0.39, 0.29) is 17.4 Å². The third-order valence-electron chi connectivity index (χ3n) is 6.38. The topological polar surface area (TPSA) is 6.48 Å². The number of benzene rings is 2. The molecule has 34 heavy (non-hydrogen) atoms. The summed E-state index contributed by atoms with van der Waals surface area (Å²) in [4.78, 5) is 4.70. The van der Waals surface area contributed by atoms with E-state index in [1.165, 1.54) is 76.9 Å². The van der Waals surface area contributed by atoms with Gasteiger partial charge in [-0.3, -0.25) is 0 Å². The fourth-order valence-corrected chi connectivity index (χ4v) is 5.17. The quantitative estimate of drug-likeness (QED) is 0.330. The normalized spacial score (nSPS) is 14.2. The molecule has 1 heterocycles. The van der Waals surface area contributed by atoms with Crippen molar-refractivity contribution in [2.24, 2.45) is 0 Å². The van der Waals surface area contributed by atoms with Crippen LogP contribution in [-0.2, 0) is 17.4 Å². The Kier molecular flexibility index (Phi) is 11.1. The Labute approximate surface area is 218 Å². The number of hydrogen-bond acceptors (Lipinski definition) is 2. The first kappa shape index (κ1) is 27.9. The number of anilines is 2. The average molecular weight is 494 g/mol. The molecular formula is C31H41CrN2+. The van der Waals surface area contributed by atoms with Gasteiger partial charge in [0.1, 0.15) is 0 Å². The van der Waals surface area contributed by atoms with E-state index in [4.69, 9.17) is 0 Å². The van der Waals surface area contributed by atoms with Crippen LogP contribution in [0.25, 0.3) is 0 Å². The molecular weight excluding hydrogens is 452 g/mol. The van der Waals surface area contributed by atoms with E-state index in [2.05, 4.69) is 88.0 Å². The van der Waals surface area contributed by atoms with Gasteiger partial charge in [-0.2, -0.15) is 18.2 Å². The van der Waals surface area contributed by atoms with E-state index in [1.54, 1.807) is 0 Å². The monoisotopic (exact) mass is 493 g/mol. The van der Waals surface area contributed by atoms with Crippen LogP contribution in [0.5, 0.6) is 0 Å². The van der Waals surface area contributed by atoms with Crippen molar-refractivity contribution in [1.29, 1.82) is 0 Å². The zero-order valence-corrected chi connectivity index (χ0v) is 23.2. The smallest absolute Gasteiger partial charge is 0.328 e. The van der Waals surface area contributed by atoms with Crippen LogP contribution in [0.4, 0.5) is 11.4 Å². The van der Waals surface area contributed by atoms with Gasteiger partial charge in [0.25, 0.3) is 0 Å². The molecule has 0 atom stereocenters. The van der Waals surface area contributed by atoms with Crippen molar-refractivity contribution in [2.75, 3.05) is 16.5 Å². The van der Waals surface area contributed by atoms with Crippen molar-refractivity contribution in [1.82, 2.24) is 0 Å². The molecule has 0 unspecified atom stereocenters. The Bertz CT molecular complexity index is 909. The van der Waals surface area contributed by atoms with Crippen molar-refractivity contribution in [2.45, 2.75) is 73.6 Å². The van der Waals surface area contributed by atoms with Gasteiger partial charge in [0.05, 0.1) is 6.67 Å². The molecule has 3 heteroatoms. The van der Waals surface area contributed by atoms with E-state index in [1.807, 2.05) is 30.3 Å². The van der Waals surface area contributed by atoms with Crippen molar-refractivity contribution < 1.29 is 17.4 Å². The summed E-state index contributed by atoms with van der Waals surface area (Å²) >= 11 is 0. The second-order valence-electron chi connectivity index (χ2n) is 9.60. The molecule has 3 aromatic carbocycles. The fourth-order valence-electron chi connectivity index (χ4n) is 5.17. The van der Waals surface area contributed by atoms with Crippen molar-refractivity contribution in [3.8, 4) is 0 Å². The standard InChI is InChI=1S/C21H26N2.C5H10.C5H5.Cr/c1-14-9-16(3)20(17(4)10-14)22-7-8-23(13-22)21-18(5)11-15(2)12-19(21)6;2*1-2-4-5-3-1;/h7-12H,13H2,1-6H3;1-5H2;1-5H;/q;;-1;+2. The Morgan fingerprint density at radius 1 is 0.559 bits per heavy atom. The van der Waals surface area contributed by atoms with Gasteiger partial charge in [-0.05, 0) is 63.8 Å². The summed E-state index contributed by atoms with van der Waals surface area (Å²) in [7, 11) is 0. The Balaban J connectivity index is 0.000000305. The Morgan fingerprint density at radius 2 is 0.882 bits per heavy atom. The molecule has 1 aliphatic carbocycles. The van der Waals surface area contributed by atoms with E-state index < -0.39 is 0 Å². The number of nitrogens with zero attached hydrogens (tertiary/aromatic N) is 2. The molecule has 1 saturated carbocycles. The second kappa shape index (κ2) is 13.5. The van der Waals surface area contributed by atoms with Crippen molar-refractivity contribution in [3.05, 3.63) is 100 Å². The average Bonchev–Trinajstić information content (AvgIpc) is 3.52. The predicted molar refractivity (Wildman–Crippen MR) is 145 cm³/mol. The third-order valence-corrected chi connectivity index (χ3v) is 6.38. The molecule has 0 spiro atoms. The molecule has 2 aliphatic rings. The Hall–Kier alpha value is -2.34. The molecule has 0 bridgehead atoms. The second-order valence-corrected chi connectivity index (χ2v) is 9.60. The van der Waals surface area contributed by atoms with Crippen molar-refractivity contribution in [3.63, 3.8) is 0 Å². The number of hydrogen-bond donors (Lipinski definition) is 0. The molecule has 0 aromatic heterocycles. The summed E-state index contributed by atoms with van der Waals surface area (Å²) in [5.74, 6) is 0. The fraction of sp³-hybridized carbons (Fsp3) is 0.387. The maximum atomic E-state index is 2.35. The van der Waals surface area contributed by atoms with Gasteiger partial charge in [-0.1, -0.05) is 67.5 Å². The molecule has 0 radical (unpaired) electrons. The van der Waals surface area contributed by atoms with E-state index in [9.17, 15) is 0 Å². The number of aryl methyl sites for hydroxylation is 6. The first-order valence-electron chi connectivity index (χ1n) is 12.4. The summed E-state index contributed by atoms with van der Waals surface area (Å²) in [5.41, 5.74) is 10.7. The SMILES string of the molecule is C1CCCC1.Cc1cc(C)c(N2C=CN(c3c(C)cc(C)cc3C)C2)c(C)c1.[Cr+2].c1cc[cH-]c1. The van der Waals surface area contributed by atoms with Crippen LogP contribution in [0.15, 0.2) is 67.0 Å². The molecule has 0 saturated heterocycles. The zero-order valence-electron chi connectivity index (χ0n) is 21.9. The molecule has 2 nitrogen and oxygen atoms in total. The number of rotatable bonds is 2. The Morgan fingerprint density at radius 3 is 1.15 bits per heavy atom. The largest absolute Gasteiger partial charge is 2.00 e. The predicted octanol–water partition coefficient (Wildman–Crippen LogP) is 8.65. The first-order chi connectivity index (χ1) is 15.9.